The summed E-state index contributed by atoms with van der Waals surface area (Å²) in [6, 6.07) is 5.12. The summed E-state index contributed by atoms with van der Waals surface area (Å²) in [5.74, 6) is -1.04. The average Bonchev–Trinajstić information content (AvgIpc) is 2.54. The van der Waals surface area contributed by atoms with Crippen LogP contribution in [0.3, 0.4) is 0 Å². The lowest BCUT2D eigenvalue weighted by Crippen LogP contribution is -2.06. The molecule has 23 heavy (non-hydrogen) atoms. The molecule has 0 aliphatic rings. The maximum Gasteiger partial charge on any atom is 0.330 e. The molecule has 0 saturated carbocycles. The first kappa shape index (κ1) is 16.6. The average molecular weight is 332 g/mol. The topological polar surface area (TPSA) is 81.2 Å². The van der Waals surface area contributed by atoms with E-state index < -0.39 is 11.8 Å². The Hall–Kier alpha value is -2.73. The lowest BCUT2D eigenvalue weighted by Gasteiger charge is -2.10. The number of anilines is 2. The normalized spacial score (nSPS) is 10.5. The van der Waals surface area contributed by atoms with Gasteiger partial charge in [-0.1, -0.05) is 11.6 Å². The van der Waals surface area contributed by atoms with Gasteiger partial charge in [-0.25, -0.2) is 9.78 Å². The first-order valence-corrected chi connectivity index (χ1v) is 7.20. The number of rotatable bonds is 6. The van der Waals surface area contributed by atoms with Crippen molar-refractivity contribution in [3.05, 3.63) is 59.7 Å². The number of pyridine rings is 2. The van der Waals surface area contributed by atoms with Crippen LogP contribution in [-0.2, 0) is 9.53 Å². The van der Waals surface area contributed by atoms with Crippen LogP contribution in [0.25, 0.3) is 0 Å². The number of esters is 1. The van der Waals surface area contributed by atoms with E-state index in [4.69, 9.17) is 16.3 Å². The largest absolute Gasteiger partial charge is 0.463 e. The second kappa shape index (κ2) is 8.05. The van der Waals surface area contributed by atoms with Crippen molar-refractivity contribution in [3.8, 4) is 0 Å². The van der Waals surface area contributed by atoms with Gasteiger partial charge in [-0.3, -0.25) is 9.78 Å². The van der Waals surface area contributed by atoms with E-state index in [0.717, 1.165) is 17.8 Å². The zero-order chi connectivity index (χ0) is 16.7. The molecule has 0 unspecified atom stereocenters. The fraction of sp³-hybridized carbons (Fsp3) is 0.125. The second-order valence-electron chi connectivity index (χ2n) is 4.33. The molecule has 118 valence electrons. The molecule has 0 radical (unpaired) electrons. The predicted octanol–water partition coefficient (Wildman–Crippen LogP) is 3.18. The van der Waals surface area contributed by atoms with Crippen LogP contribution in [0, 0.1) is 0 Å². The highest BCUT2D eigenvalue weighted by atomic mass is 35.5. The fourth-order valence-electron chi connectivity index (χ4n) is 1.78. The van der Waals surface area contributed by atoms with Crippen molar-refractivity contribution >= 4 is 34.7 Å². The van der Waals surface area contributed by atoms with E-state index in [-0.39, 0.29) is 17.3 Å². The van der Waals surface area contributed by atoms with Crippen molar-refractivity contribution in [3.63, 3.8) is 0 Å². The monoisotopic (exact) mass is 331 g/mol. The molecule has 1 N–H and O–H groups in total. The molecule has 0 bridgehead atoms. The molecule has 6 nitrogen and oxygen atoms in total. The van der Waals surface area contributed by atoms with E-state index in [0.29, 0.717) is 5.69 Å². The summed E-state index contributed by atoms with van der Waals surface area (Å²) in [5.41, 5.74) is 1.40. The van der Waals surface area contributed by atoms with Gasteiger partial charge in [-0.05, 0) is 31.2 Å². The number of nitrogens with zero attached hydrogens (tertiary/aromatic N) is 2. The number of ketones is 1. The highest BCUT2D eigenvalue weighted by Gasteiger charge is 2.15. The van der Waals surface area contributed by atoms with E-state index in [9.17, 15) is 9.59 Å². The number of nitrogens with one attached hydrogen (secondary N) is 1. The first-order chi connectivity index (χ1) is 11.1. The summed E-state index contributed by atoms with van der Waals surface area (Å²) in [6.45, 7) is 1.92. The lowest BCUT2D eigenvalue weighted by molar-refractivity contribution is -0.137. The van der Waals surface area contributed by atoms with Gasteiger partial charge in [0.1, 0.15) is 5.15 Å². The maximum atomic E-state index is 12.3. The van der Waals surface area contributed by atoms with Gasteiger partial charge in [0.15, 0.2) is 5.78 Å². The highest BCUT2D eigenvalue weighted by molar-refractivity contribution is 6.34. The van der Waals surface area contributed by atoms with E-state index in [1.54, 1.807) is 37.5 Å². The molecule has 2 aromatic rings. The minimum absolute atomic E-state index is 0.0440. The summed E-state index contributed by atoms with van der Waals surface area (Å²) >= 11 is 6.03. The number of allylic oxidation sites excluding steroid dienone is 1. The number of halogens is 1. The van der Waals surface area contributed by atoms with Crippen molar-refractivity contribution in [1.82, 2.24) is 9.97 Å². The third-order valence-corrected chi connectivity index (χ3v) is 3.05. The molecule has 0 spiro atoms. The van der Waals surface area contributed by atoms with Crippen LogP contribution >= 0.6 is 11.6 Å². The molecule has 0 atom stereocenters. The van der Waals surface area contributed by atoms with Crippen molar-refractivity contribution in [2.75, 3.05) is 11.9 Å². The van der Waals surface area contributed by atoms with Crippen LogP contribution < -0.4 is 5.32 Å². The van der Waals surface area contributed by atoms with E-state index in [2.05, 4.69) is 15.3 Å². The van der Waals surface area contributed by atoms with Crippen LogP contribution in [0.4, 0.5) is 11.4 Å². The zero-order valence-electron chi connectivity index (χ0n) is 12.3. The highest BCUT2D eigenvalue weighted by Crippen LogP contribution is 2.26. The van der Waals surface area contributed by atoms with Gasteiger partial charge in [0.25, 0.3) is 0 Å². The summed E-state index contributed by atoms with van der Waals surface area (Å²) in [4.78, 5) is 31.4. The van der Waals surface area contributed by atoms with Crippen molar-refractivity contribution in [2.45, 2.75) is 6.92 Å². The molecule has 2 rings (SSSR count). The van der Waals surface area contributed by atoms with Crippen molar-refractivity contribution in [1.29, 1.82) is 0 Å². The lowest BCUT2D eigenvalue weighted by atomic mass is 10.1. The number of hydrogen-bond acceptors (Lipinski definition) is 6. The summed E-state index contributed by atoms with van der Waals surface area (Å²) in [5, 5.41) is 3.12. The Bertz CT molecular complexity index is 733. The Labute approximate surface area is 138 Å². The van der Waals surface area contributed by atoms with Gasteiger partial charge in [0.05, 0.1) is 17.9 Å². The minimum Gasteiger partial charge on any atom is -0.463 e. The molecule has 0 fully saturated rings. The van der Waals surface area contributed by atoms with Gasteiger partial charge in [0, 0.05) is 30.4 Å². The van der Waals surface area contributed by atoms with Gasteiger partial charge in [0.2, 0.25) is 0 Å². The molecular formula is C16H14ClN3O3. The van der Waals surface area contributed by atoms with Crippen LogP contribution in [0.2, 0.25) is 5.15 Å². The van der Waals surface area contributed by atoms with Crippen LogP contribution in [0.15, 0.2) is 48.9 Å². The molecule has 7 heteroatoms. The first-order valence-electron chi connectivity index (χ1n) is 6.82. The van der Waals surface area contributed by atoms with Gasteiger partial charge in [-0.2, -0.15) is 0 Å². The molecule has 0 saturated heterocycles. The van der Waals surface area contributed by atoms with E-state index in [1.807, 2.05) is 0 Å². The number of carbonyl (C=O) groups is 2. The standard InChI is InChI=1S/C16H14ClN3O3/c1-2-23-14(22)4-3-13(21)15-12(7-10-19-16(15)17)20-11-5-8-18-9-6-11/h3-10H,2H2,1H3,(H,18,19,20)/b4-3+. The van der Waals surface area contributed by atoms with Gasteiger partial charge >= 0.3 is 5.97 Å². The molecular weight excluding hydrogens is 318 g/mol. The number of hydrogen-bond donors (Lipinski definition) is 1. The Morgan fingerprint density at radius 3 is 2.65 bits per heavy atom. The third-order valence-electron chi connectivity index (χ3n) is 2.77. The fourth-order valence-corrected chi connectivity index (χ4v) is 2.03. The Morgan fingerprint density at radius 2 is 1.96 bits per heavy atom. The Balaban J connectivity index is 2.27. The smallest absolute Gasteiger partial charge is 0.330 e. The van der Waals surface area contributed by atoms with Crippen molar-refractivity contribution < 1.29 is 14.3 Å². The SMILES string of the molecule is CCOC(=O)/C=C/C(=O)c1c(Nc2ccncc2)ccnc1Cl. The number of carbonyl (C=O) groups excluding carboxylic acids is 2. The van der Waals surface area contributed by atoms with Crippen LogP contribution in [0.1, 0.15) is 17.3 Å². The quantitative estimate of drug-likeness (QED) is 0.379. The van der Waals surface area contributed by atoms with Gasteiger partial charge in [-0.15, -0.1) is 0 Å². The van der Waals surface area contributed by atoms with Crippen LogP contribution in [0.5, 0.6) is 0 Å². The predicted molar refractivity (Wildman–Crippen MR) is 86.9 cm³/mol. The summed E-state index contributed by atoms with van der Waals surface area (Å²) < 4.78 is 4.74. The molecule has 2 aromatic heterocycles. The zero-order valence-corrected chi connectivity index (χ0v) is 13.1. The van der Waals surface area contributed by atoms with Crippen molar-refractivity contribution in [2.24, 2.45) is 0 Å². The number of ether oxygens (including phenoxy) is 1. The molecule has 0 aliphatic carbocycles. The summed E-state index contributed by atoms with van der Waals surface area (Å²) in [6.07, 6.45) is 6.89. The Morgan fingerprint density at radius 1 is 1.22 bits per heavy atom. The second-order valence-corrected chi connectivity index (χ2v) is 4.69. The third kappa shape index (κ3) is 4.62. The maximum absolute atomic E-state index is 12.3. The summed E-state index contributed by atoms with van der Waals surface area (Å²) in [7, 11) is 0. The molecule has 0 aromatic carbocycles. The number of aromatic nitrogens is 2. The minimum atomic E-state index is -0.593. The van der Waals surface area contributed by atoms with Crippen LogP contribution in [-0.4, -0.2) is 28.3 Å². The molecule has 0 aliphatic heterocycles. The van der Waals surface area contributed by atoms with Gasteiger partial charge < -0.3 is 10.1 Å². The van der Waals surface area contributed by atoms with E-state index in [1.165, 1.54) is 6.20 Å². The molecule has 2 heterocycles. The van der Waals surface area contributed by atoms with E-state index >= 15 is 0 Å². The Kier molecular flexibility index (Phi) is 5.82. The molecule has 0 amide bonds.